The molecule has 2 aliphatic rings. The van der Waals surface area contributed by atoms with Crippen LogP contribution >= 0.6 is 0 Å². The van der Waals surface area contributed by atoms with Crippen molar-refractivity contribution in [1.82, 2.24) is 10.2 Å². The SMILES string of the molecule is CN1CCC(CN=C(NCCCOCc2ccco2)Nc2ccc3c(c2)OCCCO3)C1. The lowest BCUT2D eigenvalue weighted by atomic mass is 10.1. The Morgan fingerprint density at radius 3 is 2.94 bits per heavy atom. The number of aliphatic imine (C=N–C) groups is 1. The Hall–Kier alpha value is -2.71. The number of nitrogens with one attached hydrogen (secondary N) is 2. The molecule has 32 heavy (non-hydrogen) atoms. The van der Waals surface area contributed by atoms with Gasteiger partial charge in [0.15, 0.2) is 17.5 Å². The minimum atomic E-state index is 0.499. The van der Waals surface area contributed by atoms with Gasteiger partial charge in [-0.3, -0.25) is 4.99 Å². The Balaban J connectivity index is 1.30. The number of hydrogen-bond acceptors (Lipinski definition) is 6. The van der Waals surface area contributed by atoms with E-state index in [4.69, 9.17) is 23.6 Å². The molecule has 0 amide bonds. The lowest BCUT2D eigenvalue weighted by molar-refractivity contribution is 0.105. The lowest BCUT2D eigenvalue weighted by Gasteiger charge is -2.16. The summed E-state index contributed by atoms with van der Waals surface area (Å²) in [7, 11) is 2.17. The molecule has 1 unspecified atom stereocenters. The van der Waals surface area contributed by atoms with E-state index in [-0.39, 0.29) is 0 Å². The summed E-state index contributed by atoms with van der Waals surface area (Å²) in [4.78, 5) is 7.23. The highest BCUT2D eigenvalue weighted by Gasteiger charge is 2.19. The highest BCUT2D eigenvalue weighted by Crippen LogP contribution is 2.32. The van der Waals surface area contributed by atoms with E-state index < -0.39 is 0 Å². The summed E-state index contributed by atoms with van der Waals surface area (Å²) in [5, 5.41) is 6.87. The molecule has 0 bridgehead atoms. The van der Waals surface area contributed by atoms with Gasteiger partial charge in [-0.1, -0.05) is 0 Å². The Labute approximate surface area is 189 Å². The van der Waals surface area contributed by atoms with E-state index in [9.17, 15) is 0 Å². The van der Waals surface area contributed by atoms with E-state index in [2.05, 4.69) is 22.6 Å². The fourth-order valence-electron chi connectivity index (χ4n) is 3.86. The summed E-state index contributed by atoms with van der Waals surface area (Å²) in [5.41, 5.74) is 0.929. The zero-order chi connectivity index (χ0) is 22.0. The monoisotopic (exact) mass is 442 g/mol. The minimum absolute atomic E-state index is 0.499. The number of guanidine groups is 1. The van der Waals surface area contributed by atoms with Crippen molar-refractivity contribution < 1.29 is 18.6 Å². The van der Waals surface area contributed by atoms with Gasteiger partial charge < -0.3 is 34.2 Å². The molecule has 1 atom stereocenters. The van der Waals surface area contributed by atoms with Gasteiger partial charge in [-0.2, -0.15) is 0 Å². The van der Waals surface area contributed by atoms with Crippen LogP contribution in [-0.4, -0.2) is 63.9 Å². The standard InChI is InChI=1S/C24H34N4O4/c1-28-10-8-19(17-28)16-26-24(25-9-3-11-29-18-21-5-2-12-30-21)27-20-6-7-22-23(15-20)32-14-4-13-31-22/h2,5-7,12,15,19H,3-4,8-11,13-14,16-18H2,1H3,(H2,25,26,27). The number of nitrogens with zero attached hydrogens (tertiary/aromatic N) is 2. The van der Waals surface area contributed by atoms with Gasteiger partial charge in [0.05, 0.1) is 19.5 Å². The molecule has 8 heteroatoms. The summed E-state index contributed by atoms with van der Waals surface area (Å²) in [5.74, 6) is 3.79. The third kappa shape index (κ3) is 6.90. The highest BCUT2D eigenvalue weighted by atomic mass is 16.5. The van der Waals surface area contributed by atoms with Crippen LogP contribution in [0.15, 0.2) is 46.0 Å². The molecule has 2 aliphatic heterocycles. The van der Waals surface area contributed by atoms with Gasteiger partial charge in [0.2, 0.25) is 0 Å². The maximum atomic E-state index is 5.82. The predicted octanol–water partition coefficient (Wildman–Crippen LogP) is 3.36. The van der Waals surface area contributed by atoms with E-state index in [0.717, 1.165) is 67.9 Å². The fourth-order valence-corrected chi connectivity index (χ4v) is 3.86. The minimum Gasteiger partial charge on any atom is -0.490 e. The molecular formula is C24H34N4O4. The molecule has 0 aliphatic carbocycles. The molecule has 0 radical (unpaired) electrons. The molecule has 1 fully saturated rings. The Bertz CT molecular complexity index is 856. The van der Waals surface area contributed by atoms with Crippen LogP contribution in [0, 0.1) is 5.92 Å². The molecular weight excluding hydrogens is 408 g/mol. The second-order valence-electron chi connectivity index (χ2n) is 8.36. The van der Waals surface area contributed by atoms with Gasteiger partial charge in [0, 0.05) is 44.4 Å². The lowest BCUT2D eigenvalue weighted by Crippen LogP contribution is -2.33. The smallest absolute Gasteiger partial charge is 0.195 e. The van der Waals surface area contributed by atoms with Crippen molar-refractivity contribution in [1.29, 1.82) is 0 Å². The average Bonchev–Trinajstić information content (AvgIpc) is 3.40. The van der Waals surface area contributed by atoms with Gasteiger partial charge >= 0.3 is 0 Å². The molecule has 4 rings (SSSR count). The quantitative estimate of drug-likeness (QED) is 0.350. The zero-order valence-electron chi connectivity index (χ0n) is 18.8. The molecule has 8 nitrogen and oxygen atoms in total. The first kappa shape index (κ1) is 22.5. The van der Waals surface area contributed by atoms with Crippen LogP contribution in [0.4, 0.5) is 5.69 Å². The maximum absolute atomic E-state index is 5.82. The second kappa shape index (κ2) is 11.8. The average molecular weight is 443 g/mol. The number of ether oxygens (including phenoxy) is 3. The molecule has 1 aromatic heterocycles. The summed E-state index contributed by atoms with van der Waals surface area (Å²) < 4.78 is 22.5. The third-order valence-corrected chi connectivity index (χ3v) is 5.59. The first-order valence-electron chi connectivity index (χ1n) is 11.5. The summed E-state index contributed by atoms with van der Waals surface area (Å²) in [6.07, 6.45) is 4.62. The van der Waals surface area contributed by atoms with E-state index in [1.807, 2.05) is 30.3 Å². The number of furan rings is 1. The normalized spacial score (nSPS) is 19.0. The van der Waals surface area contributed by atoms with Crippen molar-refractivity contribution in [2.75, 3.05) is 58.4 Å². The molecule has 1 saturated heterocycles. The van der Waals surface area contributed by atoms with E-state index in [1.54, 1.807) is 6.26 Å². The van der Waals surface area contributed by atoms with Crippen molar-refractivity contribution in [3.63, 3.8) is 0 Å². The van der Waals surface area contributed by atoms with Crippen molar-refractivity contribution in [3.05, 3.63) is 42.4 Å². The van der Waals surface area contributed by atoms with Crippen molar-refractivity contribution >= 4 is 11.6 Å². The number of likely N-dealkylation sites (tertiary alicyclic amines) is 1. The third-order valence-electron chi connectivity index (χ3n) is 5.59. The first-order valence-corrected chi connectivity index (χ1v) is 11.5. The van der Waals surface area contributed by atoms with Crippen molar-refractivity contribution in [2.24, 2.45) is 10.9 Å². The van der Waals surface area contributed by atoms with Crippen LogP contribution in [0.2, 0.25) is 0 Å². The summed E-state index contributed by atoms with van der Waals surface area (Å²) >= 11 is 0. The van der Waals surface area contributed by atoms with Gasteiger partial charge in [-0.15, -0.1) is 0 Å². The number of hydrogen-bond donors (Lipinski definition) is 2. The van der Waals surface area contributed by atoms with Crippen LogP contribution in [-0.2, 0) is 11.3 Å². The molecule has 2 N–H and O–H groups in total. The second-order valence-corrected chi connectivity index (χ2v) is 8.36. The van der Waals surface area contributed by atoms with Crippen LogP contribution in [0.25, 0.3) is 0 Å². The van der Waals surface area contributed by atoms with Gasteiger partial charge in [-0.05, 0) is 56.6 Å². The summed E-state index contributed by atoms with van der Waals surface area (Å²) in [6.45, 7) is 6.32. The van der Waals surface area contributed by atoms with Gasteiger partial charge in [-0.25, -0.2) is 0 Å². The number of rotatable bonds is 9. The molecule has 0 saturated carbocycles. The topological polar surface area (TPSA) is 80.5 Å². The molecule has 3 heterocycles. The molecule has 0 spiro atoms. The highest BCUT2D eigenvalue weighted by molar-refractivity contribution is 5.94. The Morgan fingerprint density at radius 1 is 1.22 bits per heavy atom. The van der Waals surface area contributed by atoms with Crippen LogP contribution in [0.3, 0.4) is 0 Å². The van der Waals surface area contributed by atoms with Gasteiger partial charge in [0.25, 0.3) is 0 Å². The zero-order valence-corrected chi connectivity index (χ0v) is 18.8. The number of benzene rings is 1. The van der Waals surface area contributed by atoms with E-state index in [1.165, 1.54) is 6.42 Å². The van der Waals surface area contributed by atoms with E-state index in [0.29, 0.717) is 32.3 Å². The Kier molecular flexibility index (Phi) is 8.28. The fraction of sp³-hybridized carbons (Fsp3) is 0.542. The van der Waals surface area contributed by atoms with Crippen LogP contribution in [0.1, 0.15) is 25.0 Å². The molecule has 174 valence electrons. The summed E-state index contributed by atoms with van der Waals surface area (Å²) in [6, 6.07) is 9.72. The van der Waals surface area contributed by atoms with Crippen LogP contribution < -0.4 is 20.1 Å². The predicted molar refractivity (Wildman–Crippen MR) is 125 cm³/mol. The van der Waals surface area contributed by atoms with E-state index >= 15 is 0 Å². The maximum Gasteiger partial charge on any atom is 0.195 e. The van der Waals surface area contributed by atoms with Crippen LogP contribution in [0.5, 0.6) is 11.5 Å². The number of anilines is 1. The van der Waals surface area contributed by atoms with Crippen molar-refractivity contribution in [3.8, 4) is 11.5 Å². The Morgan fingerprint density at radius 2 is 2.12 bits per heavy atom. The number of fused-ring (bicyclic) bond motifs is 1. The first-order chi connectivity index (χ1) is 15.8. The molecule has 1 aromatic carbocycles. The molecule has 2 aromatic rings. The largest absolute Gasteiger partial charge is 0.490 e. The van der Waals surface area contributed by atoms with Gasteiger partial charge in [0.1, 0.15) is 12.4 Å². The van der Waals surface area contributed by atoms with Crippen molar-refractivity contribution in [2.45, 2.75) is 25.9 Å².